The van der Waals surface area contributed by atoms with Crippen LogP contribution in [0.1, 0.15) is 5.56 Å². The lowest BCUT2D eigenvalue weighted by atomic mass is 10.2. The summed E-state index contributed by atoms with van der Waals surface area (Å²) in [5, 5.41) is 0. The third-order valence-electron chi connectivity index (χ3n) is 1.91. The van der Waals surface area contributed by atoms with Gasteiger partial charge in [-0.2, -0.15) is 0 Å². The quantitative estimate of drug-likeness (QED) is 0.620. The number of nitrogen functional groups attached to an aromatic ring is 1. The van der Waals surface area contributed by atoms with Crippen LogP contribution in [-0.4, -0.2) is 0 Å². The molecule has 2 N–H and O–H groups in total. The van der Waals surface area contributed by atoms with E-state index < -0.39 is 0 Å². The first kappa shape index (κ1) is 6.28. The van der Waals surface area contributed by atoms with Gasteiger partial charge in [0.25, 0.3) is 0 Å². The number of hydrogen-bond donors (Lipinski definition) is 1. The summed E-state index contributed by atoms with van der Waals surface area (Å²) in [5.41, 5.74) is 9.92. The standard InChI is InChI=1S/C9H9NO/c1-6-4-7-5-11-3-2-8(7)9(6)10/h2-5H,10H2,1H3. The SMILES string of the molecule is Cc1cc2coccc-2c1N. The highest BCUT2D eigenvalue weighted by molar-refractivity contribution is 5.82. The van der Waals surface area contributed by atoms with Crippen molar-refractivity contribution in [2.75, 3.05) is 5.73 Å². The Kier molecular flexibility index (Phi) is 1.15. The maximum Gasteiger partial charge on any atom is 0.0980 e. The van der Waals surface area contributed by atoms with E-state index in [0.717, 1.165) is 22.4 Å². The molecule has 11 heavy (non-hydrogen) atoms. The molecular formula is C9H9NO. The zero-order valence-corrected chi connectivity index (χ0v) is 6.29. The third kappa shape index (κ3) is 0.792. The molecular weight excluding hydrogens is 138 g/mol. The van der Waals surface area contributed by atoms with Crippen LogP contribution < -0.4 is 5.73 Å². The Labute approximate surface area is 65.0 Å². The fourth-order valence-electron chi connectivity index (χ4n) is 1.26. The van der Waals surface area contributed by atoms with Crippen molar-refractivity contribution in [2.45, 2.75) is 6.92 Å². The Morgan fingerprint density at radius 2 is 2.27 bits per heavy atom. The zero-order chi connectivity index (χ0) is 7.84. The molecule has 0 aromatic carbocycles. The molecule has 2 heteroatoms. The molecule has 0 atom stereocenters. The van der Waals surface area contributed by atoms with E-state index >= 15 is 0 Å². The Morgan fingerprint density at radius 1 is 1.45 bits per heavy atom. The molecule has 0 bridgehead atoms. The molecule has 1 aliphatic heterocycles. The molecule has 0 saturated carbocycles. The average molecular weight is 147 g/mol. The molecule has 56 valence electrons. The summed E-state index contributed by atoms with van der Waals surface area (Å²) in [7, 11) is 0. The molecule has 1 aliphatic carbocycles. The van der Waals surface area contributed by atoms with E-state index in [1.807, 2.05) is 19.1 Å². The highest BCUT2D eigenvalue weighted by Gasteiger charge is 2.09. The van der Waals surface area contributed by atoms with E-state index in [-0.39, 0.29) is 0 Å². The maximum absolute atomic E-state index is 5.80. The van der Waals surface area contributed by atoms with E-state index in [9.17, 15) is 0 Å². The van der Waals surface area contributed by atoms with Crippen molar-refractivity contribution in [3.8, 4) is 11.1 Å². The van der Waals surface area contributed by atoms with E-state index in [1.165, 1.54) is 0 Å². The minimum absolute atomic E-state index is 0.857. The van der Waals surface area contributed by atoms with Crippen LogP contribution in [0.2, 0.25) is 0 Å². The second kappa shape index (κ2) is 2.02. The van der Waals surface area contributed by atoms with Crippen molar-refractivity contribution in [3.05, 3.63) is 30.2 Å². The van der Waals surface area contributed by atoms with Crippen LogP contribution in [0.4, 0.5) is 5.69 Å². The molecule has 0 aromatic rings. The van der Waals surface area contributed by atoms with Crippen molar-refractivity contribution >= 4 is 5.69 Å². The fourth-order valence-corrected chi connectivity index (χ4v) is 1.26. The molecule has 0 saturated heterocycles. The van der Waals surface area contributed by atoms with Gasteiger partial charge in [-0.15, -0.1) is 0 Å². The molecule has 2 nitrogen and oxygen atoms in total. The lowest BCUT2D eigenvalue weighted by Crippen LogP contribution is -1.85. The molecule has 2 rings (SSSR count). The van der Waals surface area contributed by atoms with Crippen LogP contribution in [0.15, 0.2) is 29.1 Å². The van der Waals surface area contributed by atoms with Gasteiger partial charge in [0.2, 0.25) is 0 Å². The van der Waals surface area contributed by atoms with Crippen LogP contribution in [0, 0.1) is 6.92 Å². The highest BCUT2D eigenvalue weighted by atomic mass is 16.3. The second-order valence-corrected chi connectivity index (χ2v) is 2.67. The van der Waals surface area contributed by atoms with Gasteiger partial charge >= 0.3 is 0 Å². The van der Waals surface area contributed by atoms with Gasteiger partial charge in [0.15, 0.2) is 0 Å². The Bertz CT molecular complexity index is 347. The van der Waals surface area contributed by atoms with Crippen LogP contribution in [0.3, 0.4) is 0 Å². The molecule has 1 heterocycles. The van der Waals surface area contributed by atoms with Crippen molar-refractivity contribution < 1.29 is 4.42 Å². The van der Waals surface area contributed by atoms with Gasteiger partial charge in [0.05, 0.1) is 12.5 Å². The predicted molar refractivity (Wildman–Crippen MR) is 44.5 cm³/mol. The zero-order valence-electron chi connectivity index (χ0n) is 6.29. The summed E-state index contributed by atoms with van der Waals surface area (Å²) in [6, 6.07) is 3.91. The first-order valence-electron chi connectivity index (χ1n) is 3.50. The summed E-state index contributed by atoms with van der Waals surface area (Å²) in [6.07, 6.45) is 3.34. The number of rotatable bonds is 0. The van der Waals surface area contributed by atoms with Gasteiger partial charge in [0.1, 0.15) is 0 Å². The minimum atomic E-state index is 0.857. The van der Waals surface area contributed by atoms with E-state index in [0.29, 0.717) is 0 Å². The van der Waals surface area contributed by atoms with Gasteiger partial charge in [0, 0.05) is 16.8 Å². The molecule has 0 aromatic heterocycles. The predicted octanol–water partition coefficient (Wildman–Crippen LogP) is 2.28. The van der Waals surface area contributed by atoms with Crippen molar-refractivity contribution in [1.82, 2.24) is 0 Å². The Morgan fingerprint density at radius 3 is 3.00 bits per heavy atom. The van der Waals surface area contributed by atoms with Crippen LogP contribution in [0.5, 0.6) is 0 Å². The normalized spacial score (nSPS) is 10.6. The summed E-state index contributed by atoms with van der Waals surface area (Å²) in [6.45, 7) is 2.00. The Balaban J connectivity index is 2.81. The van der Waals surface area contributed by atoms with Crippen LogP contribution in [-0.2, 0) is 0 Å². The monoisotopic (exact) mass is 147 g/mol. The van der Waals surface area contributed by atoms with Gasteiger partial charge in [-0.05, 0) is 24.6 Å². The average Bonchev–Trinajstić information content (AvgIpc) is 2.30. The number of anilines is 1. The van der Waals surface area contributed by atoms with Gasteiger partial charge < -0.3 is 10.2 Å². The lowest BCUT2D eigenvalue weighted by molar-refractivity contribution is 0.552. The van der Waals surface area contributed by atoms with Gasteiger partial charge in [-0.1, -0.05) is 0 Å². The Hall–Kier alpha value is -1.44. The molecule has 2 aliphatic rings. The van der Waals surface area contributed by atoms with Crippen molar-refractivity contribution in [2.24, 2.45) is 0 Å². The maximum atomic E-state index is 5.80. The first-order chi connectivity index (χ1) is 5.29. The largest absolute Gasteiger partial charge is 0.472 e. The number of fused-ring (bicyclic) bond motifs is 1. The molecule has 0 radical (unpaired) electrons. The summed E-state index contributed by atoms with van der Waals surface area (Å²) in [5.74, 6) is 0. The van der Waals surface area contributed by atoms with Gasteiger partial charge in [-0.3, -0.25) is 0 Å². The smallest absolute Gasteiger partial charge is 0.0980 e. The molecule has 0 fully saturated rings. The van der Waals surface area contributed by atoms with E-state index in [4.69, 9.17) is 10.2 Å². The van der Waals surface area contributed by atoms with E-state index in [2.05, 4.69) is 0 Å². The third-order valence-corrected chi connectivity index (χ3v) is 1.91. The number of hydrogen-bond acceptors (Lipinski definition) is 2. The van der Waals surface area contributed by atoms with Crippen molar-refractivity contribution in [1.29, 1.82) is 0 Å². The number of nitrogens with two attached hydrogens (primary N) is 1. The van der Waals surface area contributed by atoms with Crippen molar-refractivity contribution in [3.63, 3.8) is 0 Å². The topological polar surface area (TPSA) is 39.2 Å². The van der Waals surface area contributed by atoms with Crippen LogP contribution in [0.25, 0.3) is 11.1 Å². The first-order valence-corrected chi connectivity index (χ1v) is 3.50. The minimum Gasteiger partial charge on any atom is -0.472 e. The van der Waals surface area contributed by atoms with Gasteiger partial charge in [-0.25, -0.2) is 0 Å². The summed E-state index contributed by atoms with van der Waals surface area (Å²) < 4.78 is 5.00. The highest BCUT2D eigenvalue weighted by Crippen LogP contribution is 2.32. The molecule has 0 spiro atoms. The van der Waals surface area contributed by atoms with E-state index in [1.54, 1.807) is 12.5 Å². The summed E-state index contributed by atoms with van der Waals surface area (Å²) >= 11 is 0. The second-order valence-electron chi connectivity index (χ2n) is 2.67. The summed E-state index contributed by atoms with van der Waals surface area (Å²) in [4.78, 5) is 0. The molecule has 0 amide bonds. The lowest BCUT2D eigenvalue weighted by Gasteiger charge is -1.96. The molecule has 0 unspecified atom stereocenters. The number of aryl methyl sites for hydroxylation is 1. The fraction of sp³-hybridized carbons (Fsp3) is 0.111. The van der Waals surface area contributed by atoms with Crippen LogP contribution >= 0.6 is 0 Å².